The van der Waals surface area contributed by atoms with Crippen molar-refractivity contribution in [2.75, 3.05) is 24.9 Å². The molecular formula is C23H20F2N6O4. The first-order chi connectivity index (χ1) is 16.7. The molecule has 1 aromatic carbocycles. The number of aromatic amines is 1. The second-order valence-electron chi connectivity index (χ2n) is 7.34. The number of anilines is 3. The van der Waals surface area contributed by atoms with E-state index in [1.807, 2.05) is 0 Å². The summed E-state index contributed by atoms with van der Waals surface area (Å²) < 4.78 is 40.9. The van der Waals surface area contributed by atoms with E-state index in [2.05, 4.69) is 32.3 Å². The van der Waals surface area contributed by atoms with Gasteiger partial charge in [0.15, 0.2) is 29.0 Å². The molecule has 0 aliphatic carbocycles. The van der Waals surface area contributed by atoms with Gasteiger partial charge in [-0.2, -0.15) is 5.10 Å². The Hall–Kier alpha value is -4.74. The molecule has 1 amide bonds. The summed E-state index contributed by atoms with van der Waals surface area (Å²) in [5, 5.41) is 10.4. The third-order valence-corrected chi connectivity index (χ3v) is 5.07. The van der Waals surface area contributed by atoms with E-state index in [4.69, 9.17) is 9.47 Å². The molecule has 0 radical (unpaired) electrons. The molecule has 3 heterocycles. The van der Waals surface area contributed by atoms with E-state index in [9.17, 15) is 18.4 Å². The van der Waals surface area contributed by atoms with Crippen molar-refractivity contribution in [2.24, 2.45) is 7.05 Å². The quantitative estimate of drug-likeness (QED) is 0.259. The van der Waals surface area contributed by atoms with E-state index in [0.717, 1.165) is 12.1 Å². The third-order valence-electron chi connectivity index (χ3n) is 5.07. The van der Waals surface area contributed by atoms with Gasteiger partial charge in [0.05, 0.1) is 37.8 Å². The Morgan fingerprint density at radius 3 is 2.46 bits per heavy atom. The lowest BCUT2D eigenvalue weighted by Crippen LogP contribution is -2.10. The fourth-order valence-electron chi connectivity index (χ4n) is 3.42. The number of carbonyl (C=O) groups is 2. The van der Waals surface area contributed by atoms with Crippen molar-refractivity contribution in [3.63, 3.8) is 0 Å². The average Bonchev–Trinajstić information content (AvgIpc) is 3.41. The molecule has 4 rings (SSSR count). The molecule has 0 aliphatic heterocycles. The molecule has 0 bridgehead atoms. The van der Waals surface area contributed by atoms with E-state index in [1.165, 1.54) is 31.2 Å². The first-order valence-electron chi connectivity index (χ1n) is 10.1. The van der Waals surface area contributed by atoms with Crippen LogP contribution in [0.1, 0.15) is 16.1 Å². The molecule has 0 saturated carbocycles. The molecule has 0 fully saturated rings. The number of ether oxygens (including phenoxy) is 2. The summed E-state index contributed by atoms with van der Waals surface area (Å²) >= 11 is 0. The molecule has 10 nitrogen and oxygen atoms in total. The van der Waals surface area contributed by atoms with Crippen molar-refractivity contribution in [2.45, 2.75) is 0 Å². The van der Waals surface area contributed by atoms with Gasteiger partial charge >= 0.3 is 0 Å². The summed E-state index contributed by atoms with van der Waals surface area (Å²) in [6.07, 6.45) is 4.17. The molecule has 180 valence electrons. The smallest absolute Gasteiger partial charge is 0.247 e. The number of rotatable bonds is 8. The highest BCUT2D eigenvalue weighted by Gasteiger charge is 2.27. The van der Waals surface area contributed by atoms with E-state index in [0.29, 0.717) is 28.2 Å². The minimum absolute atomic E-state index is 0.0659. The van der Waals surface area contributed by atoms with Gasteiger partial charge in [-0.1, -0.05) is 6.58 Å². The number of amides is 1. The first-order valence-corrected chi connectivity index (χ1v) is 10.1. The van der Waals surface area contributed by atoms with E-state index in [1.54, 1.807) is 19.3 Å². The fraction of sp³-hybridized carbons (Fsp3) is 0.130. The number of hydrogen-bond donors (Lipinski definition) is 3. The van der Waals surface area contributed by atoms with Crippen LogP contribution in [0.2, 0.25) is 0 Å². The van der Waals surface area contributed by atoms with Crippen molar-refractivity contribution in [1.29, 1.82) is 0 Å². The molecule has 35 heavy (non-hydrogen) atoms. The topological polar surface area (TPSA) is 123 Å². The maximum Gasteiger partial charge on any atom is 0.247 e. The number of aromatic nitrogens is 4. The van der Waals surface area contributed by atoms with Crippen LogP contribution in [0.15, 0.2) is 43.2 Å². The van der Waals surface area contributed by atoms with E-state index in [-0.39, 0.29) is 17.2 Å². The van der Waals surface area contributed by atoms with Gasteiger partial charge in [0, 0.05) is 18.5 Å². The summed E-state index contributed by atoms with van der Waals surface area (Å²) in [6, 6.07) is 4.07. The number of aryl methyl sites for hydroxylation is 1. The summed E-state index contributed by atoms with van der Waals surface area (Å²) in [7, 11) is 4.08. The summed E-state index contributed by atoms with van der Waals surface area (Å²) in [5.74, 6) is -3.60. The number of nitrogens with zero attached hydrogens (tertiary/aromatic N) is 3. The van der Waals surface area contributed by atoms with E-state index < -0.39 is 28.9 Å². The monoisotopic (exact) mass is 482 g/mol. The van der Waals surface area contributed by atoms with E-state index >= 15 is 0 Å². The minimum Gasteiger partial charge on any atom is -0.494 e. The number of hydrogen-bond acceptors (Lipinski definition) is 7. The Morgan fingerprint density at radius 1 is 1.14 bits per heavy atom. The molecule has 4 aromatic rings. The van der Waals surface area contributed by atoms with Crippen LogP contribution in [0.25, 0.3) is 10.9 Å². The molecule has 0 unspecified atom stereocenters. The van der Waals surface area contributed by atoms with Gasteiger partial charge in [-0.15, -0.1) is 0 Å². The van der Waals surface area contributed by atoms with Gasteiger partial charge in [-0.25, -0.2) is 13.8 Å². The number of carbonyl (C=O) groups excluding carboxylic acids is 2. The molecule has 0 spiro atoms. The van der Waals surface area contributed by atoms with Gasteiger partial charge in [0.2, 0.25) is 11.7 Å². The van der Waals surface area contributed by atoms with Crippen molar-refractivity contribution < 1.29 is 27.8 Å². The van der Waals surface area contributed by atoms with Crippen LogP contribution in [0.3, 0.4) is 0 Å². The van der Waals surface area contributed by atoms with Crippen LogP contribution >= 0.6 is 0 Å². The summed E-state index contributed by atoms with van der Waals surface area (Å²) in [5.41, 5.74) is -0.0167. The largest absolute Gasteiger partial charge is 0.494 e. The lowest BCUT2D eigenvalue weighted by molar-refractivity contribution is -0.111. The Kier molecular flexibility index (Phi) is 6.19. The Balaban J connectivity index is 1.68. The fourth-order valence-corrected chi connectivity index (χ4v) is 3.42. The summed E-state index contributed by atoms with van der Waals surface area (Å²) in [4.78, 5) is 31.8. The first kappa shape index (κ1) is 23.4. The predicted molar refractivity (Wildman–Crippen MR) is 124 cm³/mol. The van der Waals surface area contributed by atoms with Crippen LogP contribution < -0.4 is 20.1 Å². The summed E-state index contributed by atoms with van der Waals surface area (Å²) in [6.45, 7) is 3.42. The van der Waals surface area contributed by atoms with Crippen LogP contribution in [0.5, 0.6) is 11.5 Å². The van der Waals surface area contributed by atoms with Crippen molar-refractivity contribution >= 4 is 39.9 Å². The second kappa shape index (κ2) is 9.25. The Morgan fingerprint density at radius 2 is 1.83 bits per heavy atom. The highest BCUT2D eigenvalue weighted by atomic mass is 19.1. The average molecular weight is 482 g/mol. The lowest BCUT2D eigenvalue weighted by Gasteiger charge is -2.11. The van der Waals surface area contributed by atoms with Gasteiger partial charge < -0.3 is 25.1 Å². The van der Waals surface area contributed by atoms with Crippen LogP contribution in [0, 0.1) is 11.6 Å². The Bertz CT molecular complexity index is 1450. The number of benzene rings is 1. The molecule has 0 aliphatic rings. The van der Waals surface area contributed by atoms with Gasteiger partial charge in [0.25, 0.3) is 0 Å². The number of nitrogens with one attached hydrogen (secondary N) is 3. The van der Waals surface area contributed by atoms with Crippen molar-refractivity contribution in [1.82, 2.24) is 19.7 Å². The normalized spacial score (nSPS) is 10.8. The number of halogens is 2. The standard InChI is InChI=1S/C23H20F2N6O4/c1-5-18(32)28-14-10-31(2)30-23(14)29-17-7-11-6-12(27-13(11)9-26-17)22(33)19-20(24)15(34-3)8-16(35-4)21(19)25/h5-10,27H,1H2,2-4H3,(H,28,32)(H,26,29,30). The lowest BCUT2D eigenvalue weighted by atomic mass is 10.1. The molecule has 3 aromatic heterocycles. The highest BCUT2D eigenvalue weighted by Crippen LogP contribution is 2.33. The highest BCUT2D eigenvalue weighted by molar-refractivity contribution is 6.11. The molecule has 0 atom stereocenters. The van der Waals surface area contributed by atoms with Crippen LogP contribution in [-0.4, -0.2) is 45.7 Å². The maximum atomic E-state index is 14.8. The van der Waals surface area contributed by atoms with Crippen LogP contribution in [0.4, 0.5) is 26.1 Å². The second-order valence-corrected chi connectivity index (χ2v) is 7.34. The number of methoxy groups -OCH3 is 2. The van der Waals surface area contributed by atoms with Gasteiger partial charge in [-0.3, -0.25) is 14.3 Å². The zero-order chi connectivity index (χ0) is 25.3. The Labute approximate surface area is 197 Å². The minimum atomic E-state index is -1.14. The predicted octanol–water partition coefficient (Wildman–Crippen LogP) is 3.69. The molecular weight excluding hydrogens is 462 g/mol. The van der Waals surface area contributed by atoms with Crippen molar-refractivity contribution in [3.8, 4) is 11.5 Å². The van der Waals surface area contributed by atoms with Crippen LogP contribution in [-0.2, 0) is 11.8 Å². The molecule has 12 heteroatoms. The number of H-pyrrole nitrogens is 1. The SMILES string of the molecule is C=CC(=O)Nc1cn(C)nc1Nc1cc2cc(C(=O)c3c(F)c(OC)cc(OC)c3F)[nH]c2cn1. The maximum absolute atomic E-state index is 14.8. The zero-order valence-electron chi connectivity index (χ0n) is 18.9. The number of pyridine rings is 1. The van der Waals surface area contributed by atoms with Crippen molar-refractivity contribution in [3.05, 3.63) is 66.1 Å². The van der Waals surface area contributed by atoms with Gasteiger partial charge in [0.1, 0.15) is 17.1 Å². The third kappa shape index (κ3) is 4.40. The molecule has 3 N–H and O–H groups in total. The van der Waals surface area contributed by atoms with Gasteiger partial charge in [-0.05, 0) is 18.2 Å². The number of fused-ring (bicyclic) bond motifs is 1. The molecule has 0 saturated heterocycles. The zero-order valence-corrected chi connectivity index (χ0v) is 18.9. The number of ketones is 1.